The van der Waals surface area contributed by atoms with Crippen LogP contribution >= 0.6 is 0 Å². The fraction of sp³-hybridized carbons (Fsp3) is 0.462. The smallest absolute Gasteiger partial charge is 0.414 e. The number of hydrogen-bond acceptors (Lipinski definition) is 7. The number of fused-ring (bicyclic) bond motifs is 1. The minimum atomic E-state index is -0.755. The highest BCUT2D eigenvalue weighted by Crippen LogP contribution is 2.62. The van der Waals surface area contributed by atoms with Gasteiger partial charge in [-0.1, -0.05) is 6.07 Å². The zero-order valence-corrected chi connectivity index (χ0v) is 20.4. The Morgan fingerprint density at radius 3 is 2.53 bits per heavy atom. The average Bonchev–Trinajstić information content (AvgIpc) is 3.13. The van der Waals surface area contributed by atoms with E-state index in [1.165, 1.54) is 11.0 Å². The Labute approximate surface area is 208 Å². The first-order valence-electron chi connectivity index (χ1n) is 11.9. The molecule has 2 saturated heterocycles. The summed E-state index contributed by atoms with van der Waals surface area (Å²) in [5.41, 5.74) is 6.14. The van der Waals surface area contributed by atoms with Gasteiger partial charge in [0.1, 0.15) is 22.9 Å². The van der Waals surface area contributed by atoms with Gasteiger partial charge in [0, 0.05) is 48.8 Å². The van der Waals surface area contributed by atoms with Crippen LogP contribution in [0.25, 0.3) is 11.1 Å². The van der Waals surface area contributed by atoms with E-state index in [2.05, 4.69) is 11.1 Å². The van der Waals surface area contributed by atoms with Crippen LogP contribution in [0, 0.1) is 29.0 Å². The van der Waals surface area contributed by atoms with E-state index in [-0.39, 0.29) is 31.0 Å². The molecule has 2 aliphatic heterocycles. The SMILES string of the molecule is CC(C)(C)OC(=O)N1C[C@@H]2[C@H](C1)C2(C#N)c1ccc(-c2ccc(N3CC(CN)OC3=O)cc2F)cn1. The number of aromatic nitrogens is 1. The standard InChI is InChI=1S/C26H28FN5O4/c1-25(2,3)36-23(33)31-12-19-20(13-31)26(19,14-29)22-7-4-15(10-30-22)18-6-5-16(8-21(18)27)32-11-17(9-28)35-24(32)34/h4-8,10,17,19-20H,9,11-13,28H2,1-3H3/t17?,19-,20+,26?. The normalized spacial score (nSPS) is 26.9. The molecule has 0 bridgehead atoms. The molecule has 1 aromatic carbocycles. The highest BCUT2D eigenvalue weighted by Gasteiger charge is 2.71. The molecule has 10 heteroatoms. The minimum absolute atomic E-state index is 0.0121. The first kappa shape index (κ1) is 24.0. The zero-order chi connectivity index (χ0) is 25.8. The second-order valence-corrected chi connectivity index (χ2v) is 10.5. The summed E-state index contributed by atoms with van der Waals surface area (Å²) in [7, 11) is 0. The van der Waals surface area contributed by atoms with Gasteiger partial charge in [-0.2, -0.15) is 5.26 Å². The molecule has 2 N–H and O–H groups in total. The van der Waals surface area contributed by atoms with Crippen molar-refractivity contribution in [1.82, 2.24) is 9.88 Å². The highest BCUT2D eigenvalue weighted by molar-refractivity contribution is 5.90. The van der Waals surface area contributed by atoms with E-state index >= 15 is 0 Å². The summed E-state index contributed by atoms with van der Waals surface area (Å²) in [6.07, 6.45) is 0.221. The Bertz CT molecular complexity index is 1240. The van der Waals surface area contributed by atoms with Gasteiger partial charge in [-0.15, -0.1) is 0 Å². The fourth-order valence-electron chi connectivity index (χ4n) is 5.27. The van der Waals surface area contributed by atoms with Crippen molar-refractivity contribution >= 4 is 17.9 Å². The summed E-state index contributed by atoms with van der Waals surface area (Å²) in [5.74, 6) is -0.527. The molecule has 188 valence electrons. The van der Waals surface area contributed by atoms with Crippen LogP contribution in [-0.4, -0.2) is 60.0 Å². The minimum Gasteiger partial charge on any atom is -0.444 e. The number of cyclic esters (lactones) is 1. The number of carbonyl (C=O) groups excluding carboxylic acids is 2. The number of anilines is 1. The molecule has 0 spiro atoms. The van der Waals surface area contributed by atoms with Crippen LogP contribution < -0.4 is 10.6 Å². The summed E-state index contributed by atoms with van der Waals surface area (Å²) in [6.45, 7) is 6.81. The van der Waals surface area contributed by atoms with Gasteiger partial charge >= 0.3 is 12.2 Å². The highest BCUT2D eigenvalue weighted by atomic mass is 19.1. The largest absolute Gasteiger partial charge is 0.444 e. The number of pyridine rings is 1. The molecule has 4 atom stereocenters. The number of nitrogens with two attached hydrogens (primary N) is 1. The number of nitriles is 1. The van der Waals surface area contributed by atoms with Crippen molar-refractivity contribution in [3.8, 4) is 17.2 Å². The monoisotopic (exact) mass is 493 g/mol. The molecule has 36 heavy (non-hydrogen) atoms. The molecule has 1 aromatic heterocycles. The van der Waals surface area contributed by atoms with Gasteiger partial charge in [0.15, 0.2) is 0 Å². The van der Waals surface area contributed by atoms with Gasteiger partial charge in [-0.3, -0.25) is 9.88 Å². The molecule has 1 saturated carbocycles. The second kappa shape index (κ2) is 8.45. The van der Waals surface area contributed by atoms with Crippen molar-refractivity contribution in [3.05, 3.63) is 48.0 Å². The van der Waals surface area contributed by atoms with Gasteiger partial charge in [0.05, 0.1) is 24.0 Å². The molecule has 2 unspecified atom stereocenters. The number of hydrogen-bond donors (Lipinski definition) is 1. The number of carbonyl (C=O) groups is 2. The van der Waals surface area contributed by atoms with E-state index in [1.807, 2.05) is 20.8 Å². The van der Waals surface area contributed by atoms with Crippen LogP contribution in [-0.2, 0) is 14.9 Å². The Morgan fingerprint density at radius 1 is 1.28 bits per heavy atom. The summed E-state index contributed by atoms with van der Waals surface area (Å²) < 4.78 is 25.6. The van der Waals surface area contributed by atoms with Gasteiger partial charge in [0.2, 0.25) is 0 Å². The second-order valence-electron chi connectivity index (χ2n) is 10.5. The lowest BCUT2D eigenvalue weighted by Crippen LogP contribution is -2.39. The molecule has 3 heterocycles. The lowest BCUT2D eigenvalue weighted by atomic mass is 9.95. The van der Waals surface area contributed by atoms with Crippen molar-refractivity contribution in [2.75, 3.05) is 31.1 Å². The van der Waals surface area contributed by atoms with Gasteiger partial charge < -0.3 is 20.1 Å². The Balaban J connectivity index is 1.30. The van der Waals surface area contributed by atoms with Crippen molar-refractivity contribution < 1.29 is 23.5 Å². The Kier molecular flexibility index (Phi) is 5.63. The van der Waals surface area contributed by atoms with E-state index in [9.17, 15) is 19.2 Å². The lowest BCUT2D eigenvalue weighted by molar-refractivity contribution is 0.0265. The number of ether oxygens (including phenoxy) is 2. The predicted molar refractivity (Wildman–Crippen MR) is 128 cm³/mol. The Hall–Kier alpha value is -3.71. The summed E-state index contributed by atoms with van der Waals surface area (Å²) >= 11 is 0. The van der Waals surface area contributed by atoms with E-state index in [0.29, 0.717) is 35.6 Å². The van der Waals surface area contributed by atoms with E-state index in [1.54, 1.807) is 35.4 Å². The maximum Gasteiger partial charge on any atom is 0.414 e. The lowest BCUT2D eigenvalue weighted by Gasteiger charge is -2.27. The maximum atomic E-state index is 15.0. The summed E-state index contributed by atoms with van der Waals surface area (Å²) in [5, 5.41) is 10.0. The molecular weight excluding hydrogens is 465 g/mol. The van der Waals surface area contributed by atoms with Crippen LogP contribution in [0.1, 0.15) is 26.5 Å². The third-order valence-corrected chi connectivity index (χ3v) is 7.12. The number of nitrogens with zero attached hydrogens (tertiary/aromatic N) is 4. The van der Waals surface area contributed by atoms with Crippen LogP contribution in [0.2, 0.25) is 0 Å². The molecule has 0 radical (unpaired) electrons. The molecule has 2 amide bonds. The number of amides is 2. The summed E-state index contributed by atoms with van der Waals surface area (Å²) in [4.78, 5) is 32.0. The predicted octanol–water partition coefficient (Wildman–Crippen LogP) is 3.43. The van der Waals surface area contributed by atoms with E-state index in [4.69, 9.17) is 15.2 Å². The number of benzene rings is 1. The van der Waals surface area contributed by atoms with Crippen LogP contribution in [0.5, 0.6) is 0 Å². The topological polar surface area (TPSA) is 122 Å². The van der Waals surface area contributed by atoms with Crippen molar-refractivity contribution in [2.45, 2.75) is 37.9 Å². The molecule has 3 fully saturated rings. The van der Waals surface area contributed by atoms with Gasteiger partial charge in [-0.05, 0) is 45.0 Å². The molecule has 2 aromatic rings. The van der Waals surface area contributed by atoms with Crippen molar-refractivity contribution in [3.63, 3.8) is 0 Å². The number of likely N-dealkylation sites (tertiary alicyclic amines) is 1. The van der Waals surface area contributed by atoms with Crippen molar-refractivity contribution in [2.24, 2.45) is 17.6 Å². The van der Waals surface area contributed by atoms with E-state index in [0.717, 1.165) is 0 Å². The molecule has 9 nitrogen and oxygen atoms in total. The molecule has 1 aliphatic carbocycles. The Morgan fingerprint density at radius 2 is 2.00 bits per heavy atom. The third kappa shape index (κ3) is 3.93. The van der Waals surface area contributed by atoms with Crippen molar-refractivity contribution in [1.29, 1.82) is 5.26 Å². The first-order chi connectivity index (χ1) is 17.1. The van der Waals surface area contributed by atoms with Gasteiger partial charge in [-0.25, -0.2) is 14.0 Å². The van der Waals surface area contributed by atoms with E-state index < -0.39 is 29.0 Å². The van der Waals surface area contributed by atoms with Crippen LogP contribution in [0.15, 0.2) is 36.5 Å². The zero-order valence-electron chi connectivity index (χ0n) is 20.4. The average molecular weight is 494 g/mol. The molecule has 3 aliphatic rings. The number of piperidine rings is 1. The third-order valence-electron chi connectivity index (χ3n) is 7.12. The van der Waals surface area contributed by atoms with Crippen LogP contribution in [0.3, 0.4) is 0 Å². The quantitative estimate of drug-likeness (QED) is 0.692. The molecule has 5 rings (SSSR count). The first-order valence-corrected chi connectivity index (χ1v) is 11.9. The number of halogens is 1. The number of rotatable bonds is 4. The van der Waals surface area contributed by atoms with Gasteiger partial charge in [0.25, 0.3) is 0 Å². The van der Waals surface area contributed by atoms with Crippen LogP contribution in [0.4, 0.5) is 19.7 Å². The molecular formula is C26H28FN5O4. The maximum absolute atomic E-state index is 15.0. The fourth-order valence-corrected chi connectivity index (χ4v) is 5.27. The summed E-state index contributed by atoms with van der Waals surface area (Å²) in [6, 6.07) is 10.5.